The molecule has 1 fully saturated rings. The van der Waals surface area contributed by atoms with Crippen LogP contribution in [0.5, 0.6) is 11.5 Å². The third-order valence-electron chi connectivity index (χ3n) is 5.77. The molecule has 0 aromatic heterocycles. The lowest BCUT2D eigenvalue weighted by atomic mass is 9.98. The molecule has 3 aromatic rings. The molecule has 1 atom stereocenters. The van der Waals surface area contributed by atoms with Crippen molar-refractivity contribution < 1.29 is 9.66 Å². The average molecular weight is 493 g/mol. The van der Waals surface area contributed by atoms with Crippen LogP contribution in [-0.2, 0) is 6.42 Å². The summed E-state index contributed by atoms with van der Waals surface area (Å²) in [6.45, 7) is 1.49. The first-order valence-electron chi connectivity index (χ1n) is 10.5. The highest BCUT2D eigenvalue weighted by Gasteiger charge is 2.25. The van der Waals surface area contributed by atoms with Crippen LogP contribution in [0.3, 0.4) is 0 Å². The van der Waals surface area contributed by atoms with Gasteiger partial charge in [-0.3, -0.25) is 10.1 Å². The number of hydrogen-bond donors (Lipinski definition) is 0. The number of anilines is 1. The molecule has 0 spiro atoms. The maximum absolute atomic E-state index is 11.3. The second-order valence-electron chi connectivity index (χ2n) is 7.97. The van der Waals surface area contributed by atoms with Crippen molar-refractivity contribution in [2.24, 2.45) is 5.92 Å². The van der Waals surface area contributed by atoms with Crippen molar-refractivity contribution in [2.45, 2.75) is 12.8 Å². The van der Waals surface area contributed by atoms with Crippen LogP contribution >= 0.6 is 23.2 Å². The fraction of sp³-hybridized carbons (Fsp3) is 0.200. The molecule has 3 aromatic carbocycles. The quantitative estimate of drug-likeness (QED) is 0.287. The van der Waals surface area contributed by atoms with E-state index in [-0.39, 0.29) is 17.0 Å². The minimum atomic E-state index is -0.526. The van der Waals surface area contributed by atoms with E-state index in [1.165, 1.54) is 12.1 Å². The van der Waals surface area contributed by atoms with Gasteiger partial charge in [-0.05, 0) is 60.7 Å². The normalized spacial score (nSPS) is 14.9. The zero-order chi connectivity index (χ0) is 24.2. The van der Waals surface area contributed by atoms with Crippen molar-refractivity contribution in [1.82, 2.24) is 0 Å². The lowest BCUT2D eigenvalue weighted by Gasteiger charge is -2.19. The van der Waals surface area contributed by atoms with E-state index in [1.54, 1.807) is 30.3 Å². The molecule has 34 heavy (non-hydrogen) atoms. The Kier molecular flexibility index (Phi) is 6.88. The van der Waals surface area contributed by atoms with E-state index in [0.717, 1.165) is 37.2 Å². The number of halogens is 2. The number of ether oxygens (including phenoxy) is 1. The van der Waals surface area contributed by atoms with Crippen LogP contribution in [-0.4, -0.2) is 18.0 Å². The zero-order valence-electron chi connectivity index (χ0n) is 17.9. The van der Waals surface area contributed by atoms with E-state index < -0.39 is 4.92 Å². The van der Waals surface area contributed by atoms with Crippen molar-refractivity contribution in [3.05, 3.63) is 91.4 Å². The van der Waals surface area contributed by atoms with Crippen LogP contribution in [0.4, 0.5) is 11.4 Å². The summed E-state index contributed by atoms with van der Waals surface area (Å²) in [7, 11) is 0. The molecule has 0 saturated carbocycles. The number of para-hydroxylation sites is 1. The Labute approximate surface area is 206 Å². The largest absolute Gasteiger partial charge is 0.453 e. The highest BCUT2D eigenvalue weighted by atomic mass is 35.5. The molecule has 1 aliphatic rings. The number of benzene rings is 3. The van der Waals surface area contributed by atoms with Gasteiger partial charge in [-0.25, -0.2) is 0 Å². The number of nitro benzene ring substituents is 1. The van der Waals surface area contributed by atoms with E-state index in [1.807, 2.05) is 18.2 Å². The molecule has 9 heteroatoms. The molecule has 7 nitrogen and oxygen atoms in total. The van der Waals surface area contributed by atoms with Crippen molar-refractivity contribution >= 4 is 34.6 Å². The van der Waals surface area contributed by atoms with Gasteiger partial charge in [-0.2, -0.15) is 10.5 Å². The van der Waals surface area contributed by atoms with Gasteiger partial charge in [-0.1, -0.05) is 35.3 Å². The van der Waals surface area contributed by atoms with E-state index >= 15 is 0 Å². The first-order valence-corrected chi connectivity index (χ1v) is 11.2. The first-order chi connectivity index (χ1) is 16.4. The summed E-state index contributed by atoms with van der Waals surface area (Å²) in [6.07, 6.45) is 1.67. The molecule has 0 N–H and O–H groups in total. The topological polar surface area (TPSA) is 103 Å². The van der Waals surface area contributed by atoms with Crippen molar-refractivity contribution in [3.63, 3.8) is 0 Å². The second kappa shape index (κ2) is 10.0. The van der Waals surface area contributed by atoms with Gasteiger partial charge in [0.1, 0.15) is 23.5 Å². The summed E-state index contributed by atoms with van der Waals surface area (Å²) in [5.74, 6) is 1.00. The standard InChI is InChI=1S/C25H18Cl2N4O3/c26-21-7-4-16(11-24(21)34-25-19(14-29)2-1-3-22(25)27)10-17-8-9-30(15-17)20-6-5-18(13-28)23(12-20)31(32)33/h1-7,11-12,17H,8-10,15H2. The van der Waals surface area contributed by atoms with Crippen LogP contribution in [0.15, 0.2) is 54.6 Å². The number of rotatable bonds is 6. The van der Waals surface area contributed by atoms with Crippen molar-refractivity contribution in [3.8, 4) is 23.6 Å². The van der Waals surface area contributed by atoms with E-state index in [2.05, 4.69) is 11.0 Å². The predicted octanol–water partition coefficient (Wildman–Crippen LogP) is 6.51. The molecular formula is C25H18Cl2N4O3. The Hall–Kier alpha value is -3.78. The Balaban J connectivity index is 1.49. The van der Waals surface area contributed by atoms with Gasteiger partial charge >= 0.3 is 0 Å². The minimum Gasteiger partial charge on any atom is -0.453 e. The third kappa shape index (κ3) is 4.92. The Morgan fingerprint density at radius 3 is 2.59 bits per heavy atom. The van der Waals surface area contributed by atoms with Gasteiger partial charge in [0, 0.05) is 24.8 Å². The molecule has 1 aliphatic heterocycles. The second-order valence-corrected chi connectivity index (χ2v) is 8.78. The van der Waals surface area contributed by atoms with Crippen molar-refractivity contribution in [2.75, 3.05) is 18.0 Å². The van der Waals surface area contributed by atoms with Crippen molar-refractivity contribution in [1.29, 1.82) is 10.5 Å². The molecule has 0 amide bonds. The van der Waals surface area contributed by atoms with E-state index in [0.29, 0.717) is 27.3 Å². The summed E-state index contributed by atoms with van der Waals surface area (Å²) >= 11 is 12.6. The lowest BCUT2D eigenvalue weighted by Crippen LogP contribution is -2.20. The predicted molar refractivity (Wildman–Crippen MR) is 130 cm³/mol. The summed E-state index contributed by atoms with van der Waals surface area (Å²) < 4.78 is 5.93. The van der Waals surface area contributed by atoms with E-state index in [9.17, 15) is 15.4 Å². The third-order valence-corrected chi connectivity index (χ3v) is 6.38. The number of hydrogen-bond acceptors (Lipinski definition) is 6. The first kappa shape index (κ1) is 23.4. The lowest BCUT2D eigenvalue weighted by molar-refractivity contribution is -0.385. The fourth-order valence-corrected chi connectivity index (χ4v) is 4.46. The SMILES string of the molecule is N#Cc1ccc(N2CCC(Cc3ccc(Cl)c(Oc4c(Cl)cccc4C#N)c3)C2)cc1[N+](=O)[O-]. The monoisotopic (exact) mass is 492 g/mol. The summed E-state index contributed by atoms with van der Waals surface area (Å²) in [6, 6.07) is 19.1. The zero-order valence-corrected chi connectivity index (χ0v) is 19.4. The van der Waals surface area contributed by atoms with Gasteiger partial charge < -0.3 is 9.64 Å². The number of nitriles is 2. The maximum atomic E-state index is 11.3. The molecule has 4 rings (SSSR count). The molecule has 0 bridgehead atoms. The van der Waals surface area contributed by atoms with Gasteiger partial charge in [0.05, 0.1) is 20.5 Å². The minimum absolute atomic E-state index is 0.0521. The van der Waals surface area contributed by atoms with E-state index in [4.69, 9.17) is 33.2 Å². The molecule has 170 valence electrons. The van der Waals surface area contributed by atoms with Crippen LogP contribution < -0.4 is 9.64 Å². The highest BCUT2D eigenvalue weighted by Crippen LogP contribution is 2.37. The van der Waals surface area contributed by atoms with Gasteiger partial charge in [0.25, 0.3) is 5.69 Å². The Bertz CT molecular complexity index is 1350. The molecule has 1 saturated heterocycles. The molecule has 1 heterocycles. The maximum Gasteiger partial charge on any atom is 0.289 e. The summed E-state index contributed by atoms with van der Waals surface area (Å²) in [4.78, 5) is 12.9. The summed E-state index contributed by atoms with van der Waals surface area (Å²) in [5.41, 5.74) is 1.94. The van der Waals surface area contributed by atoms with Gasteiger partial charge in [-0.15, -0.1) is 0 Å². The van der Waals surface area contributed by atoms with Gasteiger partial charge in [0.15, 0.2) is 5.75 Å². The van der Waals surface area contributed by atoms with Crippen LogP contribution in [0.25, 0.3) is 0 Å². The fourth-order valence-electron chi connectivity index (χ4n) is 4.09. The highest BCUT2D eigenvalue weighted by molar-refractivity contribution is 6.33. The molecular weight excluding hydrogens is 475 g/mol. The van der Waals surface area contributed by atoms with Crippen LogP contribution in [0, 0.1) is 38.7 Å². The average Bonchev–Trinajstić information content (AvgIpc) is 3.30. The summed E-state index contributed by atoms with van der Waals surface area (Å²) in [5, 5.41) is 30.5. The smallest absolute Gasteiger partial charge is 0.289 e. The van der Waals surface area contributed by atoms with Gasteiger partial charge in [0.2, 0.25) is 0 Å². The van der Waals surface area contributed by atoms with Crippen LogP contribution in [0.1, 0.15) is 23.1 Å². The number of nitro groups is 1. The molecule has 1 unspecified atom stereocenters. The van der Waals surface area contributed by atoms with Crippen LogP contribution in [0.2, 0.25) is 10.0 Å². The number of nitrogens with zero attached hydrogens (tertiary/aromatic N) is 4. The molecule has 0 aliphatic carbocycles. The Morgan fingerprint density at radius 2 is 1.85 bits per heavy atom. The Morgan fingerprint density at radius 1 is 1.06 bits per heavy atom. The molecule has 0 radical (unpaired) electrons.